The lowest BCUT2D eigenvalue weighted by Gasteiger charge is -2.35. The Balaban J connectivity index is 0.000000312. The van der Waals surface area contributed by atoms with E-state index in [1.165, 1.54) is 0 Å². The molecule has 0 spiro atoms. The number of nitrogens with zero attached hydrogens (tertiary/aromatic N) is 5. The Morgan fingerprint density at radius 2 is 0.758 bits per heavy atom. The van der Waals surface area contributed by atoms with E-state index < -0.39 is 0 Å². The van der Waals surface area contributed by atoms with E-state index in [9.17, 15) is 0 Å². The second kappa shape index (κ2) is 20.6. The Morgan fingerprint density at radius 3 is 1.24 bits per heavy atom. The van der Waals surface area contributed by atoms with Crippen LogP contribution in [-0.2, 0) is 0 Å². The van der Waals surface area contributed by atoms with Crippen molar-refractivity contribution in [1.82, 2.24) is 15.0 Å². The van der Waals surface area contributed by atoms with Crippen molar-refractivity contribution in [2.45, 2.75) is 13.8 Å². The smallest absolute Gasteiger partial charge is 0.164 e. The van der Waals surface area contributed by atoms with Crippen molar-refractivity contribution in [1.29, 1.82) is 0 Å². The predicted molar refractivity (Wildman–Crippen MR) is 276 cm³/mol. The van der Waals surface area contributed by atoms with Crippen molar-refractivity contribution in [3.63, 3.8) is 0 Å². The topological polar surface area (TPSA) is 69.2 Å². The number of nitrogens with one attached hydrogen (secondary N) is 2. The van der Waals surface area contributed by atoms with Crippen LogP contribution < -0.4 is 20.4 Å². The fraction of sp³-hybridized carbons (Fsp3) is 0.0339. The molecule has 0 aliphatic carbocycles. The second-order valence-electron chi connectivity index (χ2n) is 15.1. The average Bonchev–Trinajstić information content (AvgIpc) is 3.40. The van der Waals surface area contributed by atoms with Gasteiger partial charge in [0.2, 0.25) is 0 Å². The molecule has 0 saturated carbocycles. The van der Waals surface area contributed by atoms with Gasteiger partial charge in [0.15, 0.2) is 17.5 Å². The first-order valence-corrected chi connectivity index (χ1v) is 22.3. The van der Waals surface area contributed by atoms with Crippen molar-refractivity contribution in [2.24, 2.45) is 0 Å². The van der Waals surface area contributed by atoms with Crippen molar-refractivity contribution in [2.75, 3.05) is 20.4 Å². The van der Waals surface area contributed by atoms with Crippen LogP contribution in [0.4, 0.5) is 56.9 Å². The molecule has 7 nitrogen and oxygen atoms in total. The zero-order valence-electron chi connectivity index (χ0n) is 36.9. The molecule has 10 aromatic rings. The van der Waals surface area contributed by atoms with Gasteiger partial charge in [-0.05, 0) is 103 Å². The first-order valence-electron chi connectivity index (χ1n) is 22.3. The molecule has 1 aromatic heterocycles. The van der Waals surface area contributed by atoms with Gasteiger partial charge in [0.1, 0.15) is 0 Å². The molecule has 11 rings (SSSR count). The van der Waals surface area contributed by atoms with Gasteiger partial charge in [-0.2, -0.15) is 0 Å². The lowest BCUT2D eigenvalue weighted by molar-refractivity contribution is 1.07. The van der Waals surface area contributed by atoms with Gasteiger partial charge in [0.05, 0.1) is 22.7 Å². The standard InChI is InChI=1S/C45H32N6.C12H11N.C2H6/c1-5-15-32(16-6-1)43-47-44(33-17-7-2-8-18-33)49-45(48-43)34-25-27-37(28-26-34)51-41-24-14-13-23-39(41)46-40-31-38(29-30-42(40)51)50(35-19-9-3-10-20-35)36-21-11-4-12-22-36;1-3-7-11(8-4-1)13-12-9-5-2-6-10-12;1-2/h1-31,46H;1-10,13H;1-2H3. The maximum Gasteiger partial charge on any atom is 0.164 e. The minimum Gasteiger partial charge on any atom is -0.356 e. The highest BCUT2D eigenvalue weighted by Gasteiger charge is 2.26. The Morgan fingerprint density at radius 1 is 0.364 bits per heavy atom. The van der Waals surface area contributed by atoms with E-state index in [0.29, 0.717) is 17.5 Å². The molecule has 1 aliphatic rings. The minimum absolute atomic E-state index is 0.627. The van der Waals surface area contributed by atoms with Crippen molar-refractivity contribution < 1.29 is 0 Å². The quantitative estimate of drug-likeness (QED) is 0.150. The molecule has 0 amide bonds. The summed E-state index contributed by atoms with van der Waals surface area (Å²) in [7, 11) is 0. The van der Waals surface area contributed by atoms with Gasteiger partial charge in [-0.1, -0.05) is 159 Å². The number of hydrogen-bond donors (Lipinski definition) is 2. The molecule has 9 aromatic carbocycles. The van der Waals surface area contributed by atoms with Crippen LogP contribution in [0.15, 0.2) is 249 Å². The normalized spacial score (nSPS) is 11.0. The number of benzene rings is 9. The monoisotopic (exact) mass is 855 g/mol. The zero-order valence-corrected chi connectivity index (χ0v) is 36.9. The summed E-state index contributed by atoms with van der Waals surface area (Å²) < 4.78 is 0. The van der Waals surface area contributed by atoms with Crippen LogP contribution in [0.25, 0.3) is 34.2 Å². The summed E-state index contributed by atoms with van der Waals surface area (Å²) in [6, 6.07) is 84.9. The highest BCUT2D eigenvalue weighted by atomic mass is 15.2. The van der Waals surface area contributed by atoms with Gasteiger partial charge in [-0.15, -0.1) is 0 Å². The molecule has 1 aliphatic heterocycles. The summed E-state index contributed by atoms with van der Waals surface area (Å²) in [5.41, 5.74) is 13.5. The Bertz CT molecular complexity index is 2940. The minimum atomic E-state index is 0.627. The number of hydrogen-bond acceptors (Lipinski definition) is 7. The molecule has 0 radical (unpaired) electrons. The molecule has 0 bridgehead atoms. The lowest BCUT2D eigenvalue weighted by Crippen LogP contribution is -2.18. The van der Waals surface area contributed by atoms with Crippen molar-refractivity contribution in [3.8, 4) is 34.2 Å². The van der Waals surface area contributed by atoms with Crippen LogP contribution in [0.2, 0.25) is 0 Å². The van der Waals surface area contributed by atoms with Crippen LogP contribution in [0.5, 0.6) is 0 Å². The molecule has 7 heteroatoms. The summed E-state index contributed by atoms with van der Waals surface area (Å²) in [6.45, 7) is 4.00. The predicted octanol–water partition coefficient (Wildman–Crippen LogP) is 16.3. The SMILES string of the molecule is CC.c1ccc(-c2nc(-c3ccccc3)nc(-c3ccc(N4c5ccccc5Nc5cc(N(c6ccccc6)c6ccccc6)ccc54)cc3)n2)cc1.c1ccc(Nc2ccccc2)cc1. The Kier molecular flexibility index (Phi) is 13.3. The summed E-state index contributed by atoms with van der Waals surface area (Å²) in [4.78, 5) is 19.3. The molecule has 2 N–H and O–H groups in total. The highest BCUT2D eigenvalue weighted by molar-refractivity contribution is 5.98. The highest BCUT2D eigenvalue weighted by Crippen LogP contribution is 2.50. The number of anilines is 10. The van der Waals surface area contributed by atoms with E-state index in [4.69, 9.17) is 15.0 Å². The molecule has 66 heavy (non-hydrogen) atoms. The van der Waals surface area contributed by atoms with Crippen LogP contribution >= 0.6 is 0 Å². The number of fused-ring (bicyclic) bond motifs is 2. The Labute approximate surface area is 387 Å². The third-order valence-electron chi connectivity index (χ3n) is 10.8. The van der Waals surface area contributed by atoms with E-state index in [1.807, 2.05) is 147 Å². The molecule has 0 fully saturated rings. The van der Waals surface area contributed by atoms with Crippen LogP contribution in [0.3, 0.4) is 0 Å². The Hall–Kier alpha value is -8.81. The summed E-state index contributed by atoms with van der Waals surface area (Å²) in [6.07, 6.45) is 0. The fourth-order valence-corrected chi connectivity index (χ4v) is 7.79. The average molecular weight is 856 g/mol. The number of para-hydroxylation sites is 6. The second-order valence-corrected chi connectivity index (χ2v) is 15.1. The van der Waals surface area contributed by atoms with Gasteiger partial charge in [-0.3, -0.25) is 0 Å². The van der Waals surface area contributed by atoms with Gasteiger partial charge in [0.25, 0.3) is 0 Å². The molecular weight excluding hydrogens is 807 g/mol. The number of aromatic nitrogens is 3. The molecule has 2 heterocycles. The van der Waals surface area contributed by atoms with Gasteiger partial charge in [-0.25, -0.2) is 15.0 Å². The van der Waals surface area contributed by atoms with Crippen molar-refractivity contribution >= 4 is 56.9 Å². The summed E-state index contributed by atoms with van der Waals surface area (Å²) in [5, 5.41) is 7.03. The first-order chi connectivity index (χ1) is 32.7. The molecule has 0 atom stereocenters. The van der Waals surface area contributed by atoms with Gasteiger partial charge in [0, 0.05) is 50.8 Å². The largest absolute Gasteiger partial charge is 0.356 e. The van der Waals surface area contributed by atoms with Crippen LogP contribution in [-0.4, -0.2) is 15.0 Å². The third kappa shape index (κ3) is 9.71. The van der Waals surface area contributed by atoms with Crippen molar-refractivity contribution in [3.05, 3.63) is 249 Å². The molecule has 0 saturated heterocycles. The molecule has 320 valence electrons. The zero-order chi connectivity index (χ0) is 44.9. The number of rotatable bonds is 9. The summed E-state index contributed by atoms with van der Waals surface area (Å²) >= 11 is 0. The van der Waals surface area contributed by atoms with E-state index >= 15 is 0 Å². The third-order valence-corrected chi connectivity index (χ3v) is 10.8. The molecule has 0 unspecified atom stereocenters. The van der Waals surface area contributed by atoms with Crippen LogP contribution in [0.1, 0.15) is 13.8 Å². The maximum absolute atomic E-state index is 4.94. The van der Waals surface area contributed by atoms with E-state index in [0.717, 1.165) is 73.6 Å². The maximum atomic E-state index is 4.94. The fourth-order valence-electron chi connectivity index (χ4n) is 7.79. The van der Waals surface area contributed by atoms with Gasteiger partial charge >= 0.3 is 0 Å². The van der Waals surface area contributed by atoms with E-state index in [-0.39, 0.29) is 0 Å². The summed E-state index contributed by atoms with van der Waals surface area (Å²) in [5.74, 6) is 1.91. The first kappa shape index (κ1) is 42.5. The molecular formula is C59H49N7. The van der Waals surface area contributed by atoms with E-state index in [2.05, 4.69) is 136 Å². The lowest BCUT2D eigenvalue weighted by atomic mass is 10.1. The van der Waals surface area contributed by atoms with Gasteiger partial charge < -0.3 is 20.4 Å². The van der Waals surface area contributed by atoms with E-state index in [1.54, 1.807) is 0 Å². The van der Waals surface area contributed by atoms with Crippen LogP contribution in [0, 0.1) is 0 Å².